The van der Waals surface area contributed by atoms with E-state index in [0.717, 1.165) is 48.8 Å². The maximum absolute atomic E-state index is 12.6. The van der Waals surface area contributed by atoms with Gasteiger partial charge in [-0.1, -0.05) is 23.7 Å². The van der Waals surface area contributed by atoms with Gasteiger partial charge in [0.2, 0.25) is 0 Å². The molecule has 0 unspecified atom stereocenters. The number of piperazine rings is 1. The third kappa shape index (κ3) is 5.10. The molecule has 2 heterocycles. The van der Waals surface area contributed by atoms with Crippen LogP contribution in [-0.2, 0) is 11.3 Å². The van der Waals surface area contributed by atoms with E-state index >= 15 is 0 Å². The highest BCUT2D eigenvalue weighted by Crippen LogP contribution is 2.25. The minimum atomic E-state index is -0.380. The predicted molar refractivity (Wildman–Crippen MR) is 128 cm³/mol. The summed E-state index contributed by atoms with van der Waals surface area (Å²) in [7, 11) is 0. The van der Waals surface area contributed by atoms with Crippen LogP contribution in [0.1, 0.15) is 40.3 Å². The average Bonchev–Trinajstić information content (AvgIpc) is 3.23. The standard InChI is InChI=1S/C25H27ClN4O3/c1-3-33-25(32)21-16-27-30(23-7-5-4-6-22(23)26)24(21)17-28-12-14-29(15-13-28)20-10-8-19(9-11-20)18(2)31/h4-11,16H,3,12-15,17H2,1-2H3. The van der Waals surface area contributed by atoms with Crippen molar-refractivity contribution in [1.82, 2.24) is 14.7 Å². The molecule has 0 aliphatic carbocycles. The Morgan fingerprint density at radius 3 is 2.36 bits per heavy atom. The molecule has 3 aromatic rings. The second-order valence-electron chi connectivity index (χ2n) is 7.95. The van der Waals surface area contributed by atoms with Gasteiger partial charge in [0.1, 0.15) is 5.56 Å². The second kappa shape index (κ2) is 10.2. The number of Topliss-reactive ketones (excluding diaryl/α,β-unsaturated/α-hetero) is 1. The van der Waals surface area contributed by atoms with Crippen molar-refractivity contribution < 1.29 is 14.3 Å². The topological polar surface area (TPSA) is 67.7 Å². The van der Waals surface area contributed by atoms with Gasteiger partial charge in [0.15, 0.2) is 5.78 Å². The zero-order valence-electron chi connectivity index (χ0n) is 18.8. The highest BCUT2D eigenvalue weighted by molar-refractivity contribution is 6.32. The Morgan fingerprint density at radius 2 is 1.73 bits per heavy atom. The molecule has 1 aromatic heterocycles. The van der Waals surface area contributed by atoms with Crippen LogP contribution in [0.15, 0.2) is 54.7 Å². The zero-order chi connectivity index (χ0) is 23.4. The molecule has 4 rings (SSSR count). The fourth-order valence-corrected chi connectivity index (χ4v) is 4.24. The van der Waals surface area contributed by atoms with E-state index in [4.69, 9.17) is 16.3 Å². The van der Waals surface area contributed by atoms with Gasteiger partial charge >= 0.3 is 5.97 Å². The third-order valence-electron chi connectivity index (χ3n) is 5.83. The smallest absolute Gasteiger partial charge is 0.341 e. The van der Waals surface area contributed by atoms with Crippen LogP contribution in [0.5, 0.6) is 0 Å². The number of nitrogens with zero attached hydrogens (tertiary/aromatic N) is 4. The van der Waals surface area contributed by atoms with E-state index in [-0.39, 0.29) is 11.8 Å². The van der Waals surface area contributed by atoms with Gasteiger partial charge in [-0.25, -0.2) is 9.48 Å². The van der Waals surface area contributed by atoms with Crippen molar-refractivity contribution in [3.63, 3.8) is 0 Å². The molecule has 0 N–H and O–H groups in total. The molecule has 0 spiro atoms. The van der Waals surface area contributed by atoms with Crippen LogP contribution < -0.4 is 4.90 Å². The SMILES string of the molecule is CCOC(=O)c1cnn(-c2ccccc2Cl)c1CN1CCN(c2ccc(C(C)=O)cc2)CC1. The van der Waals surface area contributed by atoms with Crippen LogP contribution in [0.3, 0.4) is 0 Å². The van der Waals surface area contributed by atoms with Gasteiger partial charge in [-0.15, -0.1) is 0 Å². The number of anilines is 1. The summed E-state index contributed by atoms with van der Waals surface area (Å²) in [6, 6.07) is 15.2. The van der Waals surface area contributed by atoms with Gasteiger partial charge in [0, 0.05) is 44.0 Å². The predicted octanol–water partition coefficient (Wildman–Crippen LogP) is 4.23. The van der Waals surface area contributed by atoms with Crippen LogP contribution in [-0.4, -0.2) is 59.2 Å². The van der Waals surface area contributed by atoms with Gasteiger partial charge < -0.3 is 9.64 Å². The number of ether oxygens (including phenoxy) is 1. The number of rotatable bonds is 7. The first-order valence-corrected chi connectivity index (χ1v) is 11.4. The van der Waals surface area contributed by atoms with E-state index in [2.05, 4.69) is 14.9 Å². The van der Waals surface area contributed by atoms with E-state index in [0.29, 0.717) is 23.7 Å². The largest absolute Gasteiger partial charge is 0.462 e. The highest BCUT2D eigenvalue weighted by Gasteiger charge is 2.25. The normalized spacial score (nSPS) is 14.3. The maximum Gasteiger partial charge on any atom is 0.341 e. The molecule has 0 saturated carbocycles. The summed E-state index contributed by atoms with van der Waals surface area (Å²) in [5, 5.41) is 5.03. The van der Waals surface area contributed by atoms with Crippen LogP contribution in [0.25, 0.3) is 5.69 Å². The summed E-state index contributed by atoms with van der Waals surface area (Å²) in [5.74, 6) is -0.311. The summed E-state index contributed by atoms with van der Waals surface area (Å²) < 4.78 is 7.00. The number of hydrogen-bond donors (Lipinski definition) is 0. The molecule has 0 bridgehead atoms. The molecule has 0 radical (unpaired) electrons. The van der Waals surface area contributed by atoms with Crippen molar-refractivity contribution in [2.24, 2.45) is 0 Å². The van der Waals surface area contributed by atoms with E-state index in [1.54, 1.807) is 24.7 Å². The first kappa shape index (κ1) is 23.0. The van der Waals surface area contributed by atoms with Gasteiger partial charge in [0.25, 0.3) is 0 Å². The van der Waals surface area contributed by atoms with Gasteiger partial charge in [0.05, 0.1) is 29.2 Å². The second-order valence-corrected chi connectivity index (χ2v) is 8.36. The average molecular weight is 467 g/mol. The number of aromatic nitrogens is 2. The molecule has 172 valence electrons. The molecule has 33 heavy (non-hydrogen) atoms. The minimum absolute atomic E-state index is 0.0684. The van der Waals surface area contributed by atoms with Gasteiger partial charge in [-0.3, -0.25) is 9.69 Å². The molecule has 7 nitrogen and oxygen atoms in total. The van der Waals surface area contributed by atoms with Crippen molar-refractivity contribution in [1.29, 1.82) is 0 Å². The summed E-state index contributed by atoms with van der Waals surface area (Å²) >= 11 is 6.42. The first-order valence-electron chi connectivity index (χ1n) is 11.0. The number of esters is 1. The Morgan fingerprint density at radius 1 is 1.03 bits per heavy atom. The first-order chi connectivity index (χ1) is 16.0. The lowest BCUT2D eigenvalue weighted by atomic mass is 10.1. The molecule has 1 fully saturated rings. The Balaban J connectivity index is 1.51. The summed E-state index contributed by atoms with van der Waals surface area (Å²) in [5.41, 5.74) is 3.78. The Bertz CT molecular complexity index is 1130. The molecule has 1 saturated heterocycles. The maximum atomic E-state index is 12.6. The lowest BCUT2D eigenvalue weighted by Gasteiger charge is -2.36. The Labute approximate surface area is 198 Å². The summed E-state index contributed by atoms with van der Waals surface area (Å²) in [6.45, 7) is 7.55. The highest BCUT2D eigenvalue weighted by atomic mass is 35.5. The number of hydrogen-bond acceptors (Lipinski definition) is 6. The molecule has 8 heteroatoms. The zero-order valence-corrected chi connectivity index (χ0v) is 19.6. The molecule has 1 aliphatic heterocycles. The van der Waals surface area contributed by atoms with Crippen molar-refractivity contribution in [2.75, 3.05) is 37.7 Å². The number of ketones is 1. The number of carbonyl (C=O) groups excluding carboxylic acids is 2. The Kier molecular flexibility index (Phi) is 7.11. The van der Waals surface area contributed by atoms with E-state index < -0.39 is 0 Å². The van der Waals surface area contributed by atoms with Crippen molar-refractivity contribution in [3.05, 3.63) is 76.6 Å². The molecule has 1 aliphatic rings. The minimum Gasteiger partial charge on any atom is -0.462 e. The molecule has 0 amide bonds. The van der Waals surface area contributed by atoms with Crippen LogP contribution in [0, 0.1) is 0 Å². The summed E-state index contributed by atoms with van der Waals surface area (Å²) in [4.78, 5) is 28.7. The fourth-order valence-electron chi connectivity index (χ4n) is 4.02. The lowest BCUT2D eigenvalue weighted by molar-refractivity contribution is 0.0523. The van der Waals surface area contributed by atoms with E-state index in [1.165, 1.54) is 0 Å². The number of halogens is 1. The van der Waals surface area contributed by atoms with E-state index in [1.807, 2.05) is 48.5 Å². The van der Waals surface area contributed by atoms with Crippen LogP contribution >= 0.6 is 11.6 Å². The quantitative estimate of drug-likeness (QED) is 0.383. The van der Waals surface area contributed by atoms with Crippen molar-refractivity contribution in [3.8, 4) is 5.69 Å². The van der Waals surface area contributed by atoms with Crippen molar-refractivity contribution in [2.45, 2.75) is 20.4 Å². The van der Waals surface area contributed by atoms with Crippen LogP contribution in [0.2, 0.25) is 5.02 Å². The molecular formula is C25H27ClN4O3. The molecular weight excluding hydrogens is 440 g/mol. The van der Waals surface area contributed by atoms with E-state index in [9.17, 15) is 9.59 Å². The summed E-state index contributed by atoms with van der Waals surface area (Å²) in [6.07, 6.45) is 1.56. The molecule has 0 atom stereocenters. The number of benzene rings is 2. The Hall–Kier alpha value is -3.16. The number of carbonyl (C=O) groups is 2. The van der Waals surface area contributed by atoms with Crippen molar-refractivity contribution >= 4 is 29.0 Å². The van der Waals surface area contributed by atoms with Gasteiger partial charge in [-0.2, -0.15) is 5.10 Å². The van der Waals surface area contributed by atoms with Crippen LogP contribution in [0.4, 0.5) is 5.69 Å². The lowest BCUT2D eigenvalue weighted by Crippen LogP contribution is -2.46. The monoisotopic (exact) mass is 466 g/mol. The van der Waals surface area contributed by atoms with Gasteiger partial charge in [-0.05, 0) is 50.2 Å². The number of para-hydroxylation sites is 1. The molecule has 2 aromatic carbocycles. The fraction of sp³-hybridized carbons (Fsp3) is 0.320. The third-order valence-corrected chi connectivity index (χ3v) is 6.15.